The predicted octanol–water partition coefficient (Wildman–Crippen LogP) is 3.19. The minimum absolute atomic E-state index is 0.187. The van der Waals surface area contributed by atoms with Gasteiger partial charge in [0, 0.05) is 5.56 Å². The van der Waals surface area contributed by atoms with Crippen LogP contribution in [0.4, 0.5) is 5.69 Å². The van der Waals surface area contributed by atoms with Crippen LogP contribution in [-0.2, 0) is 9.53 Å². The molecule has 3 rings (SSSR count). The number of hydrogen-bond acceptors (Lipinski definition) is 3. The fraction of sp³-hybridized carbons (Fsp3) is 0.176. The Kier molecular flexibility index (Phi) is 3.22. The minimum atomic E-state index is -0.956. The van der Waals surface area contributed by atoms with Crippen LogP contribution in [0.5, 0.6) is 0 Å². The first kappa shape index (κ1) is 13.4. The third-order valence-electron chi connectivity index (χ3n) is 3.27. The number of carbonyl (C=O) groups excluding carboxylic acids is 1. The number of rotatable bonds is 2. The molecule has 0 saturated heterocycles. The number of ether oxygens (including phenoxy) is 1. The van der Waals surface area contributed by atoms with Crippen LogP contribution in [-0.4, -0.2) is 17.4 Å². The van der Waals surface area contributed by atoms with E-state index >= 15 is 0 Å². The van der Waals surface area contributed by atoms with Crippen molar-refractivity contribution >= 4 is 17.5 Å². The Morgan fingerprint density at radius 1 is 0.952 bits per heavy atom. The maximum Gasteiger partial charge on any atom is 0.291 e. The summed E-state index contributed by atoms with van der Waals surface area (Å²) in [5.41, 5.74) is 0.620. The summed E-state index contributed by atoms with van der Waals surface area (Å²) in [6.45, 7) is 3.51. The van der Waals surface area contributed by atoms with Crippen molar-refractivity contribution in [2.24, 2.45) is 5.10 Å². The monoisotopic (exact) mass is 280 g/mol. The lowest BCUT2D eigenvalue weighted by Crippen LogP contribution is -2.50. The van der Waals surface area contributed by atoms with E-state index in [2.05, 4.69) is 5.10 Å². The molecule has 0 aromatic heterocycles. The number of anilines is 1. The molecule has 0 spiro atoms. The zero-order valence-corrected chi connectivity index (χ0v) is 12.0. The predicted molar refractivity (Wildman–Crippen MR) is 82.1 cm³/mol. The highest BCUT2D eigenvalue weighted by Crippen LogP contribution is 2.27. The molecule has 1 aliphatic rings. The number of amides is 1. The third kappa shape index (κ3) is 2.52. The number of benzene rings is 2. The van der Waals surface area contributed by atoms with Gasteiger partial charge in [0.25, 0.3) is 5.91 Å². The van der Waals surface area contributed by atoms with Crippen molar-refractivity contribution in [3.05, 3.63) is 66.2 Å². The van der Waals surface area contributed by atoms with E-state index in [0.717, 1.165) is 11.3 Å². The first-order chi connectivity index (χ1) is 10.1. The molecule has 21 heavy (non-hydrogen) atoms. The highest BCUT2D eigenvalue weighted by Gasteiger charge is 2.40. The second-order valence-electron chi connectivity index (χ2n) is 5.34. The maximum absolute atomic E-state index is 12.5. The van der Waals surface area contributed by atoms with E-state index < -0.39 is 5.60 Å². The van der Waals surface area contributed by atoms with Crippen LogP contribution in [0.15, 0.2) is 65.8 Å². The van der Waals surface area contributed by atoms with Crippen molar-refractivity contribution in [3.8, 4) is 0 Å². The fourth-order valence-corrected chi connectivity index (χ4v) is 2.14. The quantitative estimate of drug-likeness (QED) is 0.847. The Labute approximate surface area is 123 Å². The molecular weight excluding hydrogens is 264 g/mol. The van der Waals surface area contributed by atoms with E-state index in [9.17, 15) is 4.79 Å². The summed E-state index contributed by atoms with van der Waals surface area (Å²) in [5.74, 6) is 0.262. The SMILES string of the molecule is CC1(C)OC(c2ccccc2)=NN(c2ccccc2)C1=O. The number of para-hydroxylation sites is 1. The Bertz CT molecular complexity index is 678. The molecule has 0 bridgehead atoms. The van der Waals surface area contributed by atoms with Crippen LogP contribution in [0.2, 0.25) is 0 Å². The average molecular weight is 280 g/mol. The van der Waals surface area contributed by atoms with Gasteiger partial charge in [-0.25, -0.2) is 0 Å². The van der Waals surface area contributed by atoms with Gasteiger partial charge >= 0.3 is 0 Å². The fourth-order valence-electron chi connectivity index (χ4n) is 2.14. The molecule has 4 heteroatoms. The first-order valence-corrected chi connectivity index (χ1v) is 6.80. The van der Waals surface area contributed by atoms with Crippen LogP contribution < -0.4 is 5.01 Å². The van der Waals surface area contributed by atoms with E-state index in [-0.39, 0.29) is 5.91 Å². The second-order valence-corrected chi connectivity index (χ2v) is 5.34. The third-order valence-corrected chi connectivity index (χ3v) is 3.27. The lowest BCUT2D eigenvalue weighted by molar-refractivity contribution is -0.133. The van der Waals surface area contributed by atoms with Gasteiger partial charge in [-0.3, -0.25) is 4.79 Å². The van der Waals surface area contributed by atoms with Crippen molar-refractivity contribution < 1.29 is 9.53 Å². The Morgan fingerprint density at radius 3 is 2.14 bits per heavy atom. The van der Waals surface area contributed by atoms with Gasteiger partial charge in [0.05, 0.1) is 5.69 Å². The van der Waals surface area contributed by atoms with Crippen molar-refractivity contribution in [1.29, 1.82) is 0 Å². The second kappa shape index (κ2) is 5.05. The molecule has 106 valence electrons. The van der Waals surface area contributed by atoms with Crippen LogP contribution in [0.1, 0.15) is 19.4 Å². The minimum Gasteiger partial charge on any atom is -0.460 e. The van der Waals surface area contributed by atoms with Gasteiger partial charge in [0.2, 0.25) is 5.90 Å². The molecule has 1 amide bonds. The molecule has 4 nitrogen and oxygen atoms in total. The summed E-state index contributed by atoms with van der Waals surface area (Å²) >= 11 is 0. The van der Waals surface area contributed by atoms with E-state index in [0.29, 0.717) is 5.90 Å². The lowest BCUT2D eigenvalue weighted by atomic mass is 10.1. The van der Waals surface area contributed by atoms with Crippen LogP contribution in [0.25, 0.3) is 0 Å². The molecule has 0 unspecified atom stereocenters. The Balaban J connectivity index is 2.07. The molecule has 0 radical (unpaired) electrons. The van der Waals surface area contributed by atoms with E-state index in [1.807, 2.05) is 60.7 Å². The van der Waals surface area contributed by atoms with Crippen LogP contribution in [0.3, 0.4) is 0 Å². The summed E-state index contributed by atoms with van der Waals surface area (Å²) in [7, 11) is 0. The largest absolute Gasteiger partial charge is 0.460 e. The van der Waals surface area contributed by atoms with Crippen molar-refractivity contribution in [3.63, 3.8) is 0 Å². The molecule has 0 atom stereocenters. The summed E-state index contributed by atoms with van der Waals surface area (Å²) in [6, 6.07) is 18.9. The van der Waals surface area contributed by atoms with Gasteiger partial charge in [0.1, 0.15) is 0 Å². The van der Waals surface area contributed by atoms with Crippen LogP contribution in [0, 0.1) is 0 Å². The van der Waals surface area contributed by atoms with Gasteiger partial charge in [-0.15, -0.1) is 5.10 Å². The zero-order chi connectivity index (χ0) is 14.9. The molecule has 0 saturated carbocycles. The molecule has 1 heterocycles. The zero-order valence-electron chi connectivity index (χ0n) is 12.0. The van der Waals surface area contributed by atoms with Gasteiger partial charge in [-0.2, -0.15) is 5.01 Å². The molecule has 0 fully saturated rings. The average Bonchev–Trinajstić information content (AvgIpc) is 2.51. The smallest absolute Gasteiger partial charge is 0.291 e. The van der Waals surface area contributed by atoms with Gasteiger partial charge in [-0.05, 0) is 38.1 Å². The number of hydrogen-bond donors (Lipinski definition) is 0. The molecule has 2 aromatic carbocycles. The van der Waals surface area contributed by atoms with E-state index in [4.69, 9.17) is 4.74 Å². The van der Waals surface area contributed by atoms with E-state index in [1.54, 1.807) is 13.8 Å². The summed E-state index contributed by atoms with van der Waals surface area (Å²) < 4.78 is 5.78. The number of carbonyl (C=O) groups is 1. The molecule has 0 N–H and O–H groups in total. The number of hydrazone groups is 1. The Hall–Kier alpha value is -2.62. The summed E-state index contributed by atoms with van der Waals surface area (Å²) in [4.78, 5) is 12.5. The number of nitrogens with zero attached hydrogens (tertiary/aromatic N) is 2. The lowest BCUT2D eigenvalue weighted by Gasteiger charge is -2.34. The van der Waals surface area contributed by atoms with Crippen molar-refractivity contribution in [2.45, 2.75) is 19.4 Å². The normalized spacial score (nSPS) is 17.1. The summed E-state index contributed by atoms with van der Waals surface area (Å²) in [6.07, 6.45) is 0. The topological polar surface area (TPSA) is 41.9 Å². The van der Waals surface area contributed by atoms with Crippen molar-refractivity contribution in [1.82, 2.24) is 0 Å². The molecule has 2 aromatic rings. The van der Waals surface area contributed by atoms with Gasteiger partial charge < -0.3 is 4.74 Å². The van der Waals surface area contributed by atoms with Gasteiger partial charge in [0.15, 0.2) is 5.60 Å². The highest BCUT2D eigenvalue weighted by molar-refractivity contribution is 6.07. The molecular formula is C17H16N2O2. The standard InChI is InChI=1S/C17H16N2O2/c1-17(2)16(20)19(14-11-7-4-8-12-14)18-15(21-17)13-9-5-3-6-10-13/h3-12H,1-2H3. The van der Waals surface area contributed by atoms with Gasteiger partial charge in [-0.1, -0.05) is 36.4 Å². The first-order valence-electron chi connectivity index (χ1n) is 6.80. The molecule has 1 aliphatic heterocycles. The maximum atomic E-state index is 12.5. The van der Waals surface area contributed by atoms with Crippen molar-refractivity contribution in [2.75, 3.05) is 5.01 Å². The Morgan fingerprint density at radius 2 is 1.52 bits per heavy atom. The highest BCUT2D eigenvalue weighted by atomic mass is 16.5. The van der Waals surface area contributed by atoms with Crippen LogP contribution >= 0.6 is 0 Å². The molecule has 0 aliphatic carbocycles. The van der Waals surface area contributed by atoms with E-state index in [1.165, 1.54) is 5.01 Å². The summed E-state index contributed by atoms with van der Waals surface area (Å²) in [5, 5.41) is 5.79.